The van der Waals surface area contributed by atoms with Gasteiger partial charge in [0, 0.05) is 19.9 Å². The summed E-state index contributed by atoms with van der Waals surface area (Å²) in [4.78, 5) is 117. The SMILES string of the molecule is CN1C(=O)CCC1(P(=O)(O)O)P(=O)(O)O.O=P(O)(O)C(NC(P(=O)(O)O)P(=O)(O)O)P(=O)(O)O. The van der Waals surface area contributed by atoms with E-state index in [1.165, 1.54) is 0 Å². The van der Waals surface area contributed by atoms with Crippen molar-refractivity contribution in [3.63, 3.8) is 0 Å². The van der Waals surface area contributed by atoms with Gasteiger partial charge in [-0.15, -0.1) is 0 Å². The number of amides is 1. The number of carbonyl (C=O) groups is 1. The first-order valence-electron chi connectivity index (χ1n) is 7.86. The summed E-state index contributed by atoms with van der Waals surface area (Å²) in [7, 11) is -31.9. The van der Waals surface area contributed by atoms with Crippen LogP contribution < -0.4 is 5.32 Å². The van der Waals surface area contributed by atoms with E-state index >= 15 is 0 Å². The van der Waals surface area contributed by atoms with Crippen LogP contribution in [0.2, 0.25) is 0 Å². The Hall–Kier alpha value is 0.330. The molecule has 27 heteroatoms. The van der Waals surface area contributed by atoms with Crippen molar-refractivity contribution in [3.8, 4) is 0 Å². The summed E-state index contributed by atoms with van der Waals surface area (Å²) in [5.74, 6) is -0.693. The molecule has 0 bridgehead atoms. The fraction of sp³-hybridized carbons (Fsp3) is 0.857. The molecule has 0 radical (unpaired) electrons. The molecule has 0 aromatic rings. The van der Waals surface area contributed by atoms with Crippen molar-refractivity contribution in [3.05, 3.63) is 0 Å². The van der Waals surface area contributed by atoms with Gasteiger partial charge in [-0.3, -0.25) is 37.5 Å². The predicted molar refractivity (Wildman–Crippen MR) is 108 cm³/mol. The van der Waals surface area contributed by atoms with Crippen LogP contribution in [0, 0.1) is 0 Å². The minimum Gasteiger partial charge on any atom is -0.323 e. The second-order valence-corrected chi connectivity index (χ2v) is 18.2. The third-order valence-electron chi connectivity index (χ3n) is 4.09. The van der Waals surface area contributed by atoms with E-state index < -0.39 is 74.0 Å². The Labute approximate surface area is 189 Å². The van der Waals surface area contributed by atoms with E-state index in [2.05, 4.69) is 0 Å². The minimum absolute atomic E-state index is 0.285. The van der Waals surface area contributed by atoms with Gasteiger partial charge in [0.2, 0.25) is 22.0 Å². The van der Waals surface area contributed by atoms with Gasteiger partial charge in [-0.25, -0.2) is 0 Å². The zero-order valence-corrected chi connectivity index (χ0v) is 21.8. The van der Waals surface area contributed by atoms with Gasteiger partial charge in [-0.1, -0.05) is 0 Å². The molecule has 0 atom stereocenters. The van der Waals surface area contributed by atoms with E-state index in [1.807, 2.05) is 0 Å². The van der Waals surface area contributed by atoms with Crippen LogP contribution in [-0.2, 0) is 32.2 Å². The van der Waals surface area contributed by atoms with Gasteiger partial charge in [0.1, 0.15) is 0 Å². The molecular formula is C7H22N2O19P6. The normalized spacial score (nSPS) is 18.3. The molecule has 1 saturated heterocycles. The third-order valence-corrected chi connectivity index (χ3v) is 15.3. The van der Waals surface area contributed by atoms with Crippen LogP contribution in [0.5, 0.6) is 0 Å². The Bertz CT molecular complexity index is 939. The lowest BCUT2D eigenvalue weighted by Crippen LogP contribution is -2.42. The van der Waals surface area contributed by atoms with Crippen molar-refractivity contribution >= 4 is 51.5 Å². The highest BCUT2D eigenvalue weighted by Crippen LogP contribution is 2.73. The fourth-order valence-corrected chi connectivity index (χ4v) is 10.7. The molecule has 204 valence electrons. The van der Waals surface area contributed by atoms with Gasteiger partial charge >= 0.3 is 45.6 Å². The summed E-state index contributed by atoms with van der Waals surface area (Å²) in [6.07, 6.45) is -0.830. The van der Waals surface area contributed by atoms with Crippen LogP contribution in [0.25, 0.3) is 0 Å². The van der Waals surface area contributed by atoms with Crippen molar-refractivity contribution in [1.82, 2.24) is 10.2 Å². The van der Waals surface area contributed by atoms with Crippen molar-refractivity contribution in [2.45, 2.75) is 28.9 Å². The van der Waals surface area contributed by atoms with E-state index in [9.17, 15) is 32.2 Å². The Morgan fingerprint density at radius 2 is 0.941 bits per heavy atom. The van der Waals surface area contributed by atoms with Gasteiger partial charge in [-0.2, -0.15) is 0 Å². The molecule has 13 N–H and O–H groups in total. The summed E-state index contributed by atoms with van der Waals surface area (Å²) in [6, 6.07) is 0. The molecule has 0 aliphatic carbocycles. The predicted octanol–water partition coefficient (Wildman–Crippen LogP) is -2.90. The van der Waals surface area contributed by atoms with Gasteiger partial charge in [0.05, 0.1) is 0 Å². The van der Waals surface area contributed by atoms with Gasteiger partial charge in [0.15, 0.2) is 0 Å². The van der Waals surface area contributed by atoms with Crippen LogP contribution >= 0.6 is 45.6 Å². The van der Waals surface area contributed by atoms with Crippen LogP contribution in [0.3, 0.4) is 0 Å². The van der Waals surface area contributed by atoms with Crippen LogP contribution in [0.1, 0.15) is 12.8 Å². The van der Waals surface area contributed by atoms with E-state index in [0.717, 1.165) is 12.4 Å². The zero-order valence-electron chi connectivity index (χ0n) is 16.4. The Morgan fingerprint density at radius 1 is 0.676 bits per heavy atom. The second kappa shape index (κ2) is 10.6. The summed E-state index contributed by atoms with van der Waals surface area (Å²) in [5, 5.41) is -1.72. The maximum Gasteiger partial charge on any atom is 0.363 e. The molecule has 0 spiro atoms. The van der Waals surface area contributed by atoms with E-state index in [1.54, 1.807) is 0 Å². The number of hydrogen-bond acceptors (Lipinski definition) is 8. The largest absolute Gasteiger partial charge is 0.363 e. The average Bonchev–Trinajstić information content (AvgIpc) is 2.78. The first-order chi connectivity index (χ1) is 14.5. The number of carbonyl (C=O) groups excluding carboxylic acids is 1. The summed E-state index contributed by atoms with van der Waals surface area (Å²) < 4.78 is 65.5. The van der Waals surface area contributed by atoms with Crippen molar-refractivity contribution in [2.75, 3.05) is 7.05 Å². The first-order valence-corrected chi connectivity index (χ1v) is 17.8. The van der Waals surface area contributed by atoms with Crippen LogP contribution in [0.4, 0.5) is 0 Å². The maximum atomic E-state index is 11.2. The fourth-order valence-electron chi connectivity index (χ4n) is 2.58. The zero-order chi connectivity index (χ0) is 27.9. The highest BCUT2D eigenvalue weighted by atomic mass is 31.3. The van der Waals surface area contributed by atoms with Gasteiger partial charge < -0.3 is 63.6 Å². The van der Waals surface area contributed by atoms with Gasteiger partial charge in [0.25, 0.3) is 0 Å². The molecule has 0 aromatic carbocycles. The molecule has 21 nitrogen and oxygen atoms in total. The van der Waals surface area contributed by atoms with Crippen LogP contribution in [-0.4, -0.2) is 92.6 Å². The molecule has 1 fully saturated rings. The maximum absolute atomic E-state index is 11.2. The van der Waals surface area contributed by atoms with E-state index in [-0.39, 0.29) is 6.42 Å². The first kappa shape index (κ1) is 34.3. The molecular weight excluding hydrogens is 602 g/mol. The minimum atomic E-state index is -5.65. The van der Waals surface area contributed by atoms with Crippen LogP contribution in [0.15, 0.2) is 0 Å². The number of nitrogens with one attached hydrogen (secondary N) is 1. The van der Waals surface area contributed by atoms with Crippen molar-refractivity contribution in [2.24, 2.45) is 0 Å². The summed E-state index contributed by atoms with van der Waals surface area (Å²) in [5.41, 5.74) is -6.32. The molecule has 34 heavy (non-hydrogen) atoms. The molecule has 1 amide bonds. The van der Waals surface area contributed by atoms with E-state index in [0.29, 0.717) is 4.90 Å². The quantitative estimate of drug-likeness (QED) is 0.120. The molecule has 1 aliphatic rings. The highest BCUT2D eigenvalue weighted by molar-refractivity contribution is 7.73. The third kappa shape index (κ3) is 8.17. The lowest BCUT2D eigenvalue weighted by atomic mass is 10.4. The standard InChI is InChI=1S/C5H11NO7P2.C2H11NO12P4/c1-6-4(7)2-3-5(6,14(8,9)10)15(11,12)13;4-16(5,6)1(17(7,8)9)3-2(18(10,11)12)19(13,14)15/h2-3H2,1H3,(H2,8,9,10)(H2,11,12,13);1-3H,(H2,4,5,6)(H2,7,8,9)(H2,10,11,12)(H2,13,14,15). The summed E-state index contributed by atoms with van der Waals surface area (Å²) >= 11 is 0. The van der Waals surface area contributed by atoms with Crippen molar-refractivity contribution in [1.29, 1.82) is 0 Å². The Balaban J connectivity index is 0.000000657. The molecule has 1 heterocycles. The topological polar surface area (TPSA) is 378 Å². The number of rotatable bonds is 8. The second-order valence-electron chi connectivity index (χ2n) is 6.59. The molecule has 1 aliphatic heterocycles. The molecule has 0 saturated carbocycles. The summed E-state index contributed by atoms with van der Waals surface area (Å²) in [6.45, 7) is 0. The Morgan fingerprint density at radius 3 is 1.06 bits per heavy atom. The monoisotopic (exact) mass is 624 g/mol. The van der Waals surface area contributed by atoms with Crippen molar-refractivity contribution < 1.29 is 90.9 Å². The number of nitrogens with zero attached hydrogens (tertiary/aromatic N) is 1. The molecule has 0 unspecified atom stereocenters. The number of likely N-dealkylation sites (tertiary alicyclic amines) is 1. The van der Waals surface area contributed by atoms with Gasteiger partial charge in [-0.05, 0) is 0 Å². The molecule has 0 aromatic heterocycles. The highest BCUT2D eigenvalue weighted by Gasteiger charge is 2.67. The smallest absolute Gasteiger partial charge is 0.323 e. The lowest BCUT2D eigenvalue weighted by Gasteiger charge is -2.36. The number of hydrogen-bond donors (Lipinski definition) is 13. The molecule has 1 rings (SSSR count). The Kier molecular flexibility index (Phi) is 10.7. The lowest BCUT2D eigenvalue weighted by molar-refractivity contribution is -0.127. The average molecular weight is 624 g/mol. The van der Waals surface area contributed by atoms with E-state index in [4.69, 9.17) is 58.7 Å².